The van der Waals surface area contributed by atoms with Crippen molar-refractivity contribution in [2.75, 3.05) is 7.11 Å². The second-order valence-electron chi connectivity index (χ2n) is 3.65. The highest BCUT2D eigenvalue weighted by molar-refractivity contribution is 5.87. The fourth-order valence-corrected chi connectivity index (χ4v) is 1.90. The maximum absolute atomic E-state index is 10.9. The molecule has 0 amide bonds. The first-order chi connectivity index (χ1) is 6.77. The van der Waals surface area contributed by atoms with Gasteiger partial charge < -0.3 is 9.94 Å². The van der Waals surface area contributed by atoms with E-state index in [2.05, 4.69) is 9.89 Å². The van der Waals surface area contributed by atoms with Crippen LogP contribution in [0.3, 0.4) is 0 Å². The van der Waals surface area contributed by atoms with E-state index < -0.39 is 0 Å². The molecule has 0 unspecified atom stereocenters. The number of hydrogen-bond acceptors (Lipinski definition) is 4. The van der Waals surface area contributed by atoms with E-state index in [1.807, 2.05) is 0 Å². The predicted octanol–water partition coefficient (Wildman–Crippen LogP) is 1.96. The molecule has 80 valence electrons. The molecule has 1 atom stereocenters. The van der Waals surface area contributed by atoms with Crippen LogP contribution in [0.25, 0.3) is 0 Å². The summed E-state index contributed by atoms with van der Waals surface area (Å²) in [6.07, 6.45) is 5.30. The van der Waals surface area contributed by atoms with Crippen LogP contribution in [0, 0.1) is 5.92 Å². The molecule has 0 spiro atoms. The Morgan fingerprint density at radius 1 is 1.64 bits per heavy atom. The quantitative estimate of drug-likeness (QED) is 0.429. The van der Waals surface area contributed by atoms with Gasteiger partial charge in [-0.15, -0.1) is 0 Å². The second-order valence-corrected chi connectivity index (χ2v) is 3.65. The summed E-state index contributed by atoms with van der Waals surface area (Å²) in [6, 6.07) is 0. The minimum absolute atomic E-state index is 0.187. The number of methoxy groups -OCH3 is 1. The van der Waals surface area contributed by atoms with Crippen LogP contribution in [-0.2, 0) is 9.53 Å². The van der Waals surface area contributed by atoms with Crippen molar-refractivity contribution in [1.29, 1.82) is 0 Å². The van der Waals surface area contributed by atoms with Gasteiger partial charge in [-0.1, -0.05) is 11.6 Å². The lowest BCUT2D eigenvalue weighted by Crippen LogP contribution is -2.20. The number of rotatable bonds is 3. The van der Waals surface area contributed by atoms with E-state index in [0.717, 1.165) is 37.8 Å². The fraction of sp³-hybridized carbons (Fsp3) is 0.800. The van der Waals surface area contributed by atoms with Gasteiger partial charge in [0, 0.05) is 12.3 Å². The van der Waals surface area contributed by atoms with Crippen LogP contribution < -0.4 is 0 Å². The zero-order valence-corrected chi connectivity index (χ0v) is 8.53. The van der Waals surface area contributed by atoms with Crippen molar-refractivity contribution in [1.82, 2.24) is 0 Å². The molecule has 14 heavy (non-hydrogen) atoms. The SMILES string of the molecule is COC(=O)CC[C@H]1CCCCC1=NO. The van der Waals surface area contributed by atoms with E-state index in [9.17, 15) is 4.79 Å². The molecule has 1 N–H and O–H groups in total. The molecule has 1 fully saturated rings. The van der Waals surface area contributed by atoms with Gasteiger partial charge in [-0.05, 0) is 25.7 Å². The van der Waals surface area contributed by atoms with Gasteiger partial charge in [0.25, 0.3) is 0 Å². The molecular weight excluding hydrogens is 182 g/mol. The van der Waals surface area contributed by atoms with Gasteiger partial charge >= 0.3 is 5.97 Å². The number of carbonyl (C=O) groups excluding carboxylic acids is 1. The third kappa shape index (κ3) is 3.01. The summed E-state index contributed by atoms with van der Waals surface area (Å²) in [7, 11) is 1.39. The van der Waals surface area contributed by atoms with Crippen molar-refractivity contribution in [3.8, 4) is 0 Å². The Morgan fingerprint density at radius 2 is 2.43 bits per heavy atom. The van der Waals surface area contributed by atoms with Crippen LogP contribution in [0.15, 0.2) is 5.16 Å². The smallest absolute Gasteiger partial charge is 0.305 e. The normalized spacial score (nSPS) is 24.9. The highest BCUT2D eigenvalue weighted by Crippen LogP contribution is 2.25. The largest absolute Gasteiger partial charge is 0.469 e. The van der Waals surface area contributed by atoms with Gasteiger partial charge in [0.2, 0.25) is 0 Å². The Balaban J connectivity index is 2.37. The Hall–Kier alpha value is -1.06. The molecular formula is C10H17NO3. The Morgan fingerprint density at radius 3 is 3.07 bits per heavy atom. The lowest BCUT2D eigenvalue weighted by Gasteiger charge is -2.22. The summed E-state index contributed by atoms with van der Waals surface area (Å²) in [4.78, 5) is 10.9. The highest BCUT2D eigenvalue weighted by Gasteiger charge is 2.21. The molecule has 1 saturated carbocycles. The molecule has 1 rings (SSSR count). The van der Waals surface area contributed by atoms with Gasteiger partial charge in [-0.3, -0.25) is 4.79 Å². The van der Waals surface area contributed by atoms with E-state index in [1.165, 1.54) is 7.11 Å². The fourth-order valence-electron chi connectivity index (χ4n) is 1.90. The van der Waals surface area contributed by atoms with E-state index in [0.29, 0.717) is 6.42 Å². The molecule has 0 aromatic carbocycles. The van der Waals surface area contributed by atoms with Gasteiger partial charge in [-0.2, -0.15) is 0 Å². The summed E-state index contributed by atoms with van der Waals surface area (Å²) >= 11 is 0. The lowest BCUT2D eigenvalue weighted by molar-refractivity contribution is -0.140. The van der Waals surface area contributed by atoms with Crippen LogP contribution in [0.1, 0.15) is 38.5 Å². The molecule has 0 heterocycles. The summed E-state index contributed by atoms with van der Waals surface area (Å²) in [5.41, 5.74) is 0.847. The lowest BCUT2D eigenvalue weighted by atomic mass is 9.84. The van der Waals surface area contributed by atoms with E-state index in [-0.39, 0.29) is 11.9 Å². The Labute approximate surface area is 83.9 Å². The average Bonchev–Trinajstić information content (AvgIpc) is 2.26. The van der Waals surface area contributed by atoms with Crippen LogP contribution in [0.4, 0.5) is 0 Å². The number of hydrogen-bond donors (Lipinski definition) is 1. The zero-order chi connectivity index (χ0) is 10.4. The second kappa shape index (κ2) is 5.62. The zero-order valence-electron chi connectivity index (χ0n) is 8.53. The van der Waals surface area contributed by atoms with Gasteiger partial charge in [0.05, 0.1) is 12.8 Å². The van der Waals surface area contributed by atoms with Crippen molar-refractivity contribution >= 4 is 11.7 Å². The van der Waals surface area contributed by atoms with Gasteiger partial charge in [-0.25, -0.2) is 0 Å². The van der Waals surface area contributed by atoms with Crippen LogP contribution in [0.5, 0.6) is 0 Å². The van der Waals surface area contributed by atoms with E-state index >= 15 is 0 Å². The number of oxime groups is 1. The first kappa shape index (κ1) is 11.0. The minimum atomic E-state index is -0.187. The molecule has 4 heteroatoms. The molecule has 0 bridgehead atoms. The van der Waals surface area contributed by atoms with E-state index in [1.54, 1.807) is 0 Å². The van der Waals surface area contributed by atoms with Gasteiger partial charge in [0.1, 0.15) is 0 Å². The van der Waals surface area contributed by atoms with Crippen molar-refractivity contribution in [2.24, 2.45) is 11.1 Å². The van der Waals surface area contributed by atoms with Crippen LogP contribution >= 0.6 is 0 Å². The maximum Gasteiger partial charge on any atom is 0.305 e. The number of nitrogens with zero attached hydrogens (tertiary/aromatic N) is 1. The van der Waals surface area contributed by atoms with E-state index in [4.69, 9.17) is 5.21 Å². The molecule has 0 aromatic rings. The molecule has 0 saturated heterocycles. The first-order valence-corrected chi connectivity index (χ1v) is 5.05. The third-order valence-corrected chi connectivity index (χ3v) is 2.76. The monoisotopic (exact) mass is 199 g/mol. The topological polar surface area (TPSA) is 58.9 Å². The number of carbonyl (C=O) groups is 1. The first-order valence-electron chi connectivity index (χ1n) is 5.05. The Kier molecular flexibility index (Phi) is 4.43. The summed E-state index contributed by atoms with van der Waals surface area (Å²) in [5, 5.41) is 12.1. The van der Waals surface area contributed by atoms with Crippen molar-refractivity contribution in [2.45, 2.75) is 38.5 Å². The predicted molar refractivity (Wildman–Crippen MR) is 52.4 cm³/mol. The molecule has 1 aliphatic carbocycles. The average molecular weight is 199 g/mol. The summed E-state index contributed by atoms with van der Waals surface area (Å²) in [6.45, 7) is 0. The summed E-state index contributed by atoms with van der Waals surface area (Å²) in [5.74, 6) is 0.0840. The van der Waals surface area contributed by atoms with Crippen LogP contribution in [-0.4, -0.2) is 24.0 Å². The number of ether oxygens (including phenoxy) is 1. The molecule has 0 radical (unpaired) electrons. The minimum Gasteiger partial charge on any atom is -0.469 e. The number of esters is 1. The molecule has 4 nitrogen and oxygen atoms in total. The van der Waals surface area contributed by atoms with Crippen LogP contribution in [0.2, 0.25) is 0 Å². The third-order valence-electron chi connectivity index (χ3n) is 2.76. The summed E-state index contributed by atoms with van der Waals surface area (Å²) < 4.78 is 4.57. The van der Waals surface area contributed by atoms with Crippen molar-refractivity contribution in [3.63, 3.8) is 0 Å². The molecule has 1 aliphatic rings. The standard InChI is InChI=1S/C10H17NO3/c1-14-10(12)7-6-8-4-2-3-5-9(8)11-13/h8,13H,2-7H2,1H3/t8-/m1/s1. The van der Waals surface area contributed by atoms with Crippen molar-refractivity contribution < 1.29 is 14.7 Å². The Bertz CT molecular complexity index is 225. The van der Waals surface area contributed by atoms with Gasteiger partial charge in [0.15, 0.2) is 0 Å². The van der Waals surface area contributed by atoms with Crippen molar-refractivity contribution in [3.05, 3.63) is 0 Å². The molecule has 0 aromatic heterocycles. The molecule has 0 aliphatic heterocycles. The maximum atomic E-state index is 10.9. The highest BCUT2D eigenvalue weighted by atomic mass is 16.5.